The standard InChI is InChI=1S/C22H20Cl2N4O5S2/c23-15-1-5-18(6-2-15)34(30,31)27-17-9-14(12-26-29)10-21(27)20-13-25-28(22(20)11-17)35(32,33)19-7-3-16(24)4-8-19/h1-8,12-14,17,21,29H,9-11H2/b26-12+. The smallest absolute Gasteiger partial charge is 0.283 e. The highest BCUT2D eigenvalue weighted by atomic mass is 35.5. The van der Waals surface area contributed by atoms with E-state index in [1.54, 1.807) is 0 Å². The fraction of sp³-hybridized carbons (Fsp3) is 0.273. The third-order valence-corrected chi connectivity index (χ3v) is 10.5. The Morgan fingerprint density at radius 2 is 1.49 bits per heavy atom. The largest absolute Gasteiger partial charge is 0.411 e. The van der Waals surface area contributed by atoms with Gasteiger partial charge in [0.25, 0.3) is 10.0 Å². The van der Waals surface area contributed by atoms with Crippen LogP contribution < -0.4 is 0 Å². The molecule has 2 bridgehead atoms. The van der Waals surface area contributed by atoms with Crippen LogP contribution in [0.1, 0.15) is 30.1 Å². The molecule has 1 N–H and O–H groups in total. The van der Waals surface area contributed by atoms with E-state index in [1.807, 2.05) is 0 Å². The van der Waals surface area contributed by atoms with Gasteiger partial charge in [-0.25, -0.2) is 8.42 Å². The Morgan fingerprint density at radius 1 is 0.914 bits per heavy atom. The average molecular weight is 555 g/mol. The SMILES string of the molecule is O=S(=O)(c1ccc(Cl)cc1)N1C2Cc3c(cnn3S(=O)(=O)c3ccc(Cl)cc3)C1CC(/C=N/O)C2. The Bertz CT molecular complexity index is 1500. The monoisotopic (exact) mass is 554 g/mol. The van der Waals surface area contributed by atoms with Gasteiger partial charge in [-0.05, 0) is 61.4 Å². The van der Waals surface area contributed by atoms with E-state index in [1.165, 1.54) is 65.2 Å². The van der Waals surface area contributed by atoms with Crippen molar-refractivity contribution in [2.75, 3.05) is 0 Å². The predicted molar refractivity (Wildman–Crippen MR) is 130 cm³/mol. The van der Waals surface area contributed by atoms with E-state index in [0.717, 1.165) is 4.09 Å². The van der Waals surface area contributed by atoms with Crippen molar-refractivity contribution in [1.82, 2.24) is 13.5 Å². The Balaban J connectivity index is 1.61. The maximum atomic E-state index is 13.7. The molecular formula is C22H20Cl2N4O5S2. The number of hydrogen-bond acceptors (Lipinski definition) is 7. The summed E-state index contributed by atoms with van der Waals surface area (Å²) in [7, 11) is -7.96. The first kappa shape index (κ1) is 24.3. The third-order valence-electron chi connectivity index (χ3n) is 6.43. The van der Waals surface area contributed by atoms with Gasteiger partial charge in [0.05, 0.1) is 27.7 Å². The first-order valence-electron chi connectivity index (χ1n) is 10.7. The summed E-state index contributed by atoms with van der Waals surface area (Å²) in [6.07, 6.45) is 3.60. The molecule has 184 valence electrons. The van der Waals surface area contributed by atoms with Crippen LogP contribution in [-0.4, -0.2) is 47.8 Å². The van der Waals surface area contributed by atoms with Gasteiger partial charge in [0, 0.05) is 40.2 Å². The van der Waals surface area contributed by atoms with Crippen molar-refractivity contribution >= 4 is 49.5 Å². The number of nitrogens with zero attached hydrogens (tertiary/aromatic N) is 4. The minimum absolute atomic E-state index is 0.0273. The van der Waals surface area contributed by atoms with Crippen molar-refractivity contribution in [2.24, 2.45) is 11.1 Å². The summed E-state index contributed by atoms with van der Waals surface area (Å²) in [5.74, 6) is -0.184. The molecule has 0 amide bonds. The molecule has 3 unspecified atom stereocenters. The third kappa shape index (κ3) is 4.15. The fourth-order valence-electron chi connectivity index (χ4n) is 4.92. The lowest BCUT2D eigenvalue weighted by Crippen LogP contribution is -2.52. The number of halogens is 2. The number of hydrogen-bond donors (Lipinski definition) is 1. The van der Waals surface area contributed by atoms with Gasteiger partial charge < -0.3 is 5.21 Å². The van der Waals surface area contributed by atoms with E-state index < -0.39 is 32.1 Å². The second-order valence-corrected chi connectivity index (χ2v) is 13.0. The zero-order chi connectivity index (χ0) is 25.0. The van der Waals surface area contributed by atoms with Crippen LogP contribution >= 0.6 is 23.2 Å². The second kappa shape index (κ2) is 8.90. The number of oxime groups is 1. The molecule has 3 heterocycles. The molecule has 2 aliphatic heterocycles. The minimum Gasteiger partial charge on any atom is -0.411 e. The molecule has 13 heteroatoms. The van der Waals surface area contributed by atoms with E-state index in [9.17, 15) is 16.8 Å². The molecule has 1 fully saturated rings. The van der Waals surface area contributed by atoms with Crippen molar-refractivity contribution in [3.63, 3.8) is 0 Å². The summed E-state index contributed by atoms with van der Waals surface area (Å²) in [5.41, 5.74) is 0.948. The molecule has 0 spiro atoms. The maximum absolute atomic E-state index is 13.7. The summed E-state index contributed by atoms with van der Waals surface area (Å²) in [6.45, 7) is 0. The summed E-state index contributed by atoms with van der Waals surface area (Å²) < 4.78 is 56.5. The number of aromatic nitrogens is 2. The molecule has 0 radical (unpaired) electrons. The predicted octanol–water partition coefficient (Wildman–Crippen LogP) is 3.95. The van der Waals surface area contributed by atoms with Crippen molar-refractivity contribution in [3.05, 3.63) is 76.0 Å². The van der Waals surface area contributed by atoms with Crippen molar-refractivity contribution in [1.29, 1.82) is 0 Å². The van der Waals surface area contributed by atoms with Crippen molar-refractivity contribution < 1.29 is 22.0 Å². The zero-order valence-corrected chi connectivity index (χ0v) is 21.2. The zero-order valence-electron chi connectivity index (χ0n) is 18.1. The topological polar surface area (TPSA) is 122 Å². The lowest BCUT2D eigenvalue weighted by atomic mass is 9.80. The Morgan fingerprint density at radius 3 is 2.06 bits per heavy atom. The van der Waals surface area contributed by atoms with Gasteiger partial charge in [0.15, 0.2) is 0 Å². The summed E-state index contributed by atoms with van der Waals surface area (Å²) in [6, 6.07) is 10.4. The van der Waals surface area contributed by atoms with Crippen LogP contribution in [0.5, 0.6) is 0 Å². The molecule has 0 saturated carbocycles. The molecule has 2 aromatic carbocycles. The summed E-state index contributed by atoms with van der Waals surface area (Å²) in [4.78, 5) is 0.121. The van der Waals surface area contributed by atoms with Gasteiger partial charge in [-0.1, -0.05) is 23.2 Å². The van der Waals surface area contributed by atoms with E-state index >= 15 is 0 Å². The highest BCUT2D eigenvalue weighted by Crippen LogP contribution is 2.47. The average Bonchev–Trinajstić information content (AvgIpc) is 3.24. The van der Waals surface area contributed by atoms with Gasteiger partial charge in [0.2, 0.25) is 10.0 Å². The molecule has 35 heavy (non-hydrogen) atoms. The van der Waals surface area contributed by atoms with E-state index in [2.05, 4.69) is 10.3 Å². The normalized spacial score (nSPS) is 22.9. The molecule has 1 saturated heterocycles. The first-order chi connectivity index (χ1) is 16.6. The van der Waals surface area contributed by atoms with E-state index in [4.69, 9.17) is 28.4 Å². The van der Waals surface area contributed by atoms with Crippen LogP contribution in [0.2, 0.25) is 10.0 Å². The number of piperidine rings is 1. The molecule has 2 aliphatic rings. The Hall–Kier alpha value is -2.44. The Kier molecular flexibility index (Phi) is 6.17. The van der Waals surface area contributed by atoms with Gasteiger partial charge >= 0.3 is 0 Å². The van der Waals surface area contributed by atoms with Crippen LogP contribution in [-0.2, 0) is 26.5 Å². The van der Waals surface area contributed by atoms with Gasteiger partial charge in [-0.15, -0.1) is 5.16 Å². The summed E-state index contributed by atoms with van der Waals surface area (Å²) >= 11 is 11.9. The number of fused-ring (bicyclic) bond motifs is 4. The summed E-state index contributed by atoms with van der Waals surface area (Å²) in [5, 5.41) is 17.2. The minimum atomic E-state index is -4.02. The molecule has 5 rings (SSSR count). The fourth-order valence-corrected chi connectivity index (χ4v) is 8.30. The first-order valence-corrected chi connectivity index (χ1v) is 14.3. The highest BCUT2D eigenvalue weighted by Gasteiger charge is 2.49. The number of sulfonamides is 1. The van der Waals surface area contributed by atoms with Crippen LogP contribution in [0.3, 0.4) is 0 Å². The van der Waals surface area contributed by atoms with Crippen LogP contribution in [0.25, 0.3) is 0 Å². The highest BCUT2D eigenvalue weighted by molar-refractivity contribution is 7.90. The van der Waals surface area contributed by atoms with Crippen molar-refractivity contribution in [2.45, 2.75) is 41.1 Å². The van der Waals surface area contributed by atoms with Gasteiger partial charge in [0.1, 0.15) is 0 Å². The van der Waals surface area contributed by atoms with Crippen LogP contribution in [0, 0.1) is 5.92 Å². The van der Waals surface area contributed by atoms with E-state index in [0.29, 0.717) is 34.1 Å². The molecular weight excluding hydrogens is 535 g/mol. The molecule has 0 aliphatic carbocycles. The number of benzene rings is 2. The molecule has 1 aromatic heterocycles. The Labute approximate surface area is 212 Å². The lowest BCUT2D eigenvalue weighted by molar-refractivity contribution is 0.142. The van der Waals surface area contributed by atoms with Crippen LogP contribution in [0.4, 0.5) is 0 Å². The maximum Gasteiger partial charge on any atom is 0.283 e. The molecule has 9 nitrogen and oxygen atoms in total. The lowest BCUT2D eigenvalue weighted by Gasteiger charge is -2.46. The van der Waals surface area contributed by atoms with Crippen molar-refractivity contribution in [3.8, 4) is 0 Å². The molecule has 3 atom stereocenters. The van der Waals surface area contributed by atoms with Gasteiger partial charge in [-0.3, -0.25) is 0 Å². The second-order valence-electron chi connectivity index (χ2n) is 8.51. The van der Waals surface area contributed by atoms with Crippen LogP contribution in [0.15, 0.2) is 69.7 Å². The van der Waals surface area contributed by atoms with Gasteiger partial charge in [-0.2, -0.15) is 21.9 Å². The molecule has 3 aromatic rings. The quantitative estimate of drug-likeness (QED) is 0.289. The van der Waals surface area contributed by atoms with E-state index in [-0.39, 0.29) is 22.1 Å². The number of rotatable bonds is 5.